The van der Waals surface area contributed by atoms with E-state index in [1.54, 1.807) is 26.2 Å². The second-order valence-electron chi connectivity index (χ2n) is 4.65. The summed E-state index contributed by atoms with van der Waals surface area (Å²) in [6.07, 6.45) is 2.95. The molecule has 1 heterocycles. The Kier molecular flexibility index (Phi) is 4.13. The molecule has 0 aliphatic heterocycles. The van der Waals surface area contributed by atoms with E-state index in [1.165, 1.54) is 12.4 Å². The Morgan fingerprint density at radius 2 is 1.71 bits per heavy atom. The van der Waals surface area contributed by atoms with E-state index in [-0.39, 0.29) is 10.8 Å². The largest absolute Gasteiger partial charge is 0.496 e. The van der Waals surface area contributed by atoms with Gasteiger partial charge in [-0.05, 0) is 49.6 Å². The van der Waals surface area contributed by atoms with Crippen molar-refractivity contribution in [3.8, 4) is 5.75 Å². The monoisotopic (exact) mass is 307 g/mol. The maximum Gasteiger partial charge on any atom is 0.264 e. The molecule has 0 amide bonds. The summed E-state index contributed by atoms with van der Waals surface area (Å²) in [5, 5.41) is 0. The zero-order chi connectivity index (χ0) is 15.6. The molecule has 0 aliphatic carbocycles. The molecule has 1 aromatic heterocycles. The van der Waals surface area contributed by atoms with Crippen molar-refractivity contribution in [1.82, 2.24) is 9.97 Å². The van der Waals surface area contributed by atoms with Crippen LogP contribution in [0.25, 0.3) is 0 Å². The Hall–Kier alpha value is -2.15. The summed E-state index contributed by atoms with van der Waals surface area (Å²) in [6.45, 7) is 5.39. The van der Waals surface area contributed by atoms with Gasteiger partial charge in [-0.1, -0.05) is 0 Å². The van der Waals surface area contributed by atoms with E-state index in [4.69, 9.17) is 4.74 Å². The molecule has 0 fully saturated rings. The normalized spacial score (nSPS) is 11.2. The van der Waals surface area contributed by atoms with E-state index in [0.29, 0.717) is 11.3 Å². The maximum absolute atomic E-state index is 12.5. The molecule has 6 nitrogen and oxygen atoms in total. The van der Waals surface area contributed by atoms with Crippen LogP contribution in [0.4, 0.5) is 5.95 Å². The average molecular weight is 307 g/mol. The first-order valence-electron chi connectivity index (χ1n) is 6.31. The molecule has 0 saturated carbocycles. The minimum absolute atomic E-state index is 0.0445. The summed E-state index contributed by atoms with van der Waals surface area (Å²) >= 11 is 0. The lowest BCUT2D eigenvalue weighted by molar-refractivity contribution is 0.407. The van der Waals surface area contributed by atoms with Crippen molar-refractivity contribution in [1.29, 1.82) is 0 Å². The molecule has 7 heteroatoms. The Balaban J connectivity index is 2.51. The molecule has 0 bridgehead atoms. The molecule has 1 aromatic carbocycles. The second kappa shape index (κ2) is 5.69. The predicted octanol–water partition coefficient (Wildman–Crippen LogP) is 2.21. The highest BCUT2D eigenvalue weighted by Gasteiger charge is 2.22. The molecule has 112 valence electrons. The smallest absolute Gasteiger partial charge is 0.264 e. The number of sulfonamides is 1. The number of anilines is 1. The van der Waals surface area contributed by atoms with Gasteiger partial charge < -0.3 is 4.74 Å². The van der Waals surface area contributed by atoms with Crippen LogP contribution in [-0.4, -0.2) is 25.5 Å². The third kappa shape index (κ3) is 2.97. The molecule has 0 aliphatic rings. The number of hydrogen-bond acceptors (Lipinski definition) is 5. The minimum atomic E-state index is -3.74. The number of nitrogens with one attached hydrogen (secondary N) is 1. The fourth-order valence-electron chi connectivity index (χ4n) is 2.14. The lowest BCUT2D eigenvalue weighted by atomic mass is 10.1. The van der Waals surface area contributed by atoms with E-state index in [2.05, 4.69) is 14.7 Å². The first kappa shape index (κ1) is 15.2. The summed E-state index contributed by atoms with van der Waals surface area (Å²) in [7, 11) is -2.18. The molecular weight excluding hydrogens is 290 g/mol. The van der Waals surface area contributed by atoms with Crippen LogP contribution in [0.2, 0.25) is 0 Å². The number of aromatic nitrogens is 2. The van der Waals surface area contributed by atoms with Gasteiger partial charge in [-0.3, -0.25) is 0 Å². The number of benzene rings is 1. The number of aryl methyl sites for hydroxylation is 1. The van der Waals surface area contributed by atoms with Crippen molar-refractivity contribution >= 4 is 16.0 Å². The Bertz CT molecular complexity index is 759. The summed E-state index contributed by atoms with van der Waals surface area (Å²) in [6, 6.07) is 3.21. The Morgan fingerprint density at radius 3 is 2.29 bits per heavy atom. The van der Waals surface area contributed by atoms with Crippen LogP contribution in [0.1, 0.15) is 16.7 Å². The van der Waals surface area contributed by atoms with Gasteiger partial charge in [0.1, 0.15) is 5.75 Å². The SMILES string of the molecule is COc1c(C)cc(S(=O)(=O)Nc2ncccn2)c(C)c1C. The van der Waals surface area contributed by atoms with Gasteiger partial charge in [0.15, 0.2) is 0 Å². The molecule has 0 atom stereocenters. The quantitative estimate of drug-likeness (QED) is 0.936. The Morgan fingerprint density at radius 1 is 1.10 bits per heavy atom. The van der Waals surface area contributed by atoms with Crippen molar-refractivity contribution in [2.75, 3.05) is 11.8 Å². The number of ether oxygens (including phenoxy) is 1. The molecule has 21 heavy (non-hydrogen) atoms. The van der Waals surface area contributed by atoms with Crippen LogP contribution >= 0.6 is 0 Å². The van der Waals surface area contributed by atoms with Crippen LogP contribution in [0.5, 0.6) is 5.75 Å². The number of nitrogens with zero attached hydrogens (tertiary/aromatic N) is 2. The van der Waals surface area contributed by atoms with Crippen molar-refractivity contribution in [2.45, 2.75) is 25.7 Å². The van der Waals surface area contributed by atoms with E-state index in [1.807, 2.05) is 13.8 Å². The van der Waals surface area contributed by atoms with Gasteiger partial charge in [-0.15, -0.1) is 0 Å². The third-order valence-electron chi connectivity index (χ3n) is 3.26. The number of rotatable bonds is 4. The zero-order valence-corrected chi connectivity index (χ0v) is 13.2. The van der Waals surface area contributed by atoms with Crippen molar-refractivity contribution < 1.29 is 13.2 Å². The second-order valence-corrected chi connectivity index (χ2v) is 6.30. The summed E-state index contributed by atoms with van der Waals surface area (Å²) < 4.78 is 32.7. The lowest BCUT2D eigenvalue weighted by Gasteiger charge is -2.16. The summed E-state index contributed by atoms with van der Waals surface area (Å²) in [4.78, 5) is 7.94. The fourth-order valence-corrected chi connectivity index (χ4v) is 3.49. The summed E-state index contributed by atoms with van der Waals surface area (Å²) in [5.41, 5.74) is 2.20. The fraction of sp³-hybridized carbons (Fsp3) is 0.286. The highest BCUT2D eigenvalue weighted by atomic mass is 32.2. The third-order valence-corrected chi connectivity index (χ3v) is 4.72. The van der Waals surface area contributed by atoms with Gasteiger partial charge in [0, 0.05) is 12.4 Å². The molecule has 1 N–H and O–H groups in total. The van der Waals surface area contributed by atoms with Crippen LogP contribution in [0, 0.1) is 20.8 Å². The lowest BCUT2D eigenvalue weighted by Crippen LogP contribution is -2.17. The molecule has 2 rings (SSSR count). The van der Waals surface area contributed by atoms with Gasteiger partial charge in [0.05, 0.1) is 12.0 Å². The molecule has 0 unspecified atom stereocenters. The molecule has 2 aromatic rings. The highest BCUT2D eigenvalue weighted by Crippen LogP contribution is 2.31. The van der Waals surface area contributed by atoms with Crippen molar-refractivity contribution in [3.05, 3.63) is 41.2 Å². The Labute approximate surface area is 124 Å². The van der Waals surface area contributed by atoms with Crippen molar-refractivity contribution in [3.63, 3.8) is 0 Å². The first-order valence-corrected chi connectivity index (χ1v) is 7.79. The van der Waals surface area contributed by atoms with Crippen LogP contribution < -0.4 is 9.46 Å². The van der Waals surface area contributed by atoms with Crippen LogP contribution in [0.3, 0.4) is 0 Å². The average Bonchev–Trinajstić information content (AvgIpc) is 2.44. The van der Waals surface area contributed by atoms with Gasteiger partial charge in [-0.25, -0.2) is 23.1 Å². The van der Waals surface area contributed by atoms with Gasteiger partial charge in [0.25, 0.3) is 10.0 Å². The molecule has 0 radical (unpaired) electrons. The minimum Gasteiger partial charge on any atom is -0.496 e. The van der Waals surface area contributed by atoms with E-state index in [9.17, 15) is 8.42 Å². The van der Waals surface area contributed by atoms with Crippen molar-refractivity contribution in [2.24, 2.45) is 0 Å². The first-order chi connectivity index (χ1) is 9.86. The molecule has 0 spiro atoms. The predicted molar refractivity (Wildman–Crippen MR) is 80.0 cm³/mol. The zero-order valence-electron chi connectivity index (χ0n) is 12.3. The van der Waals surface area contributed by atoms with E-state index in [0.717, 1.165) is 11.1 Å². The summed E-state index contributed by atoms with van der Waals surface area (Å²) in [5.74, 6) is 0.741. The van der Waals surface area contributed by atoms with E-state index >= 15 is 0 Å². The van der Waals surface area contributed by atoms with Crippen LogP contribution in [0.15, 0.2) is 29.4 Å². The topological polar surface area (TPSA) is 81.2 Å². The van der Waals surface area contributed by atoms with Gasteiger partial charge in [-0.2, -0.15) is 0 Å². The van der Waals surface area contributed by atoms with Crippen LogP contribution in [-0.2, 0) is 10.0 Å². The maximum atomic E-state index is 12.5. The van der Waals surface area contributed by atoms with Gasteiger partial charge in [0.2, 0.25) is 5.95 Å². The highest BCUT2D eigenvalue weighted by molar-refractivity contribution is 7.92. The number of hydrogen-bond donors (Lipinski definition) is 1. The van der Waals surface area contributed by atoms with E-state index < -0.39 is 10.0 Å². The molecular formula is C14H17N3O3S. The standard InChI is InChI=1S/C14H17N3O3S/c1-9-8-12(10(2)11(3)13(9)20-4)21(18,19)17-14-15-6-5-7-16-14/h5-8H,1-4H3,(H,15,16,17). The van der Waals surface area contributed by atoms with Gasteiger partial charge >= 0.3 is 0 Å². The molecule has 0 saturated heterocycles. The number of methoxy groups -OCH3 is 1.